The number of ether oxygens (including phenoxy) is 1. The molecule has 0 aliphatic carbocycles. The molecule has 1 aromatic heterocycles. The van der Waals surface area contributed by atoms with E-state index in [9.17, 15) is 14.7 Å². The standard InChI is InChI=1S/C27H31N3O4/c1-17(2)34-26-22(20(16-31)14-19-15-30-24-10-6-5-9-21(19)24)12-18(13-23(26)27(28)33)8-4-7-11-25(32)29-3/h5-6,9-10,12-13,15,17,20,30-31H,7,11,14,16H2,1-3H3,(H2,28,33)(H,29,32)/t20-/m0/s1. The van der Waals surface area contributed by atoms with Crippen LogP contribution in [0.1, 0.15) is 59.7 Å². The topological polar surface area (TPSA) is 117 Å². The van der Waals surface area contributed by atoms with Crippen LogP contribution >= 0.6 is 0 Å². The molecule has 0 aliphatic rings. The van der Waals surface area contributed by atoms with E-state index in [1.807, 2.05) is 50.4 Å². The summed E-state index contributed by atoms with van der Waals surface area (Å²) in [5, 5.41) is 14.0. The number of aliphatic hydroxyl groups is 1. The Labute approximate surface area is 199 Å². The Morgan fingerprint density at radius 2 is 2.00 bits per heavy atom. The van der Waals surface area contributed by atoms with Gasteiger partial charge in [-0.1, -0.05) is 30.0 Å². The first-order chi connectivity index (χ1) is 16.3. The van der Waals surface area contributed by atoms with E-state index in [2.05, 4.69) is 22.1 Å². The predicted octanol–water partition coefficient (Wildman–Crippen LogP) is 3.25. The largest absolute Gasteiger partial charge is 0.490 e. The fourth-order valence-electron chi connectivity index (χ4n) is 3.88. The van der Waals surface area contributed by atoms with Gasteiger partial charge in [-0.05, 0) is 44.0 Å². The molecule has 0 saturated heterocycles. The molecule has 2 aromatic carbocycles. The first-order valence-corrected chi connectivity index (χ1v) is 11.3. The van der Waals surface area contributed by atoms with Crippen molar-refractivity contribution in [2.75, 3.05) is 13.7 Å². The van der Waals surface area contributed by atoms with E-state index in [0.29, 0.717) is 29.7 Å². The Balaban J connectivity index is 2.05. The van der Waals surface area contributed by atoms with E-state index in [-0.39, 0.29) is 36.5 Å². The zero-order valence-electron chi connectivity index (χ0n) is 19.8. The first kappa shape index (κ1) is 24.9. The number of hydrogen-bond donors (Lipinski definition) is 4. The van der Waals surface area contributed by atoms with Gasteiger partial charge in [-0.2, -0.15) is 0 Å². The molecule has 5 N–H and O–H groups in total. The minimum Gasteiger partial charge on any atom is -0.490 e. The van der Waals surface area contributed by atoms with Crippen LogP contribution < -0.4 is 15.8 Å². The SMILES string of the molecule is CNC(=O)CCC#Cc1cc(C(N)=O)c(OC(C)C)c([C@H](CO)Cc2c[nH]c3ccccc23)c1. The summed E-state index contributed by atoms with van der Waals surface area (Å²) in [6, 6.07) is 11.4. The number of hydrogen-bond acceptors (Lipinski definition) is 4. The number of primary amides is 1. The smallest absolute Gasteiger partial charge is 0.252 e. The van der Waals surface area contributed by atoms with Crippen molar-refractivity contribution in [1.29, 1.82) is 0 Å². The Morgan fingerprint density at radius 3 is 2.68 bits per heavy atom. The molecule has 2 amide bonds. The monoisotopic (exact) mass is 461 g/mol. The number of rotatable bonds is 9. The highest BCUT2D eigenvalue weighted by molar-refractivity contribution is 5.96. The molecule has 0 radical (unpaired) electrons. The van der Waals surface area contributed by atoms with Crippen LogP contribution in [-0.4, -0.2) is 41.7 Å². The van der Waals surface area contributed by atoms with Gasteiger partial charge in [-0.15, -0.1) is 0 Å². The maximum Gasteiger partial charge on any atom is 0.252 e. The Morgan fingerprint density at radius 1 is 1.24 bits per heavy atom. The van der Waals surface area contributed by atoms with Gasteiger partial charge in [0.2, 0.25) is 5.91 Å². The number of carbonyl (C=O) groups is 2. The molecule has 0 saturated carbocycles. The average molecular weight is 462 g/mol. The third kappa shape index (κ3) is 5.97. The van der Waals surface area contributed by atoms with Crippen molar-refractivity contribution in [1.82, 2.24) is 10.3 Å². The zero-order chi connectivity index (χ0) is 24.7. The summed E-state index contributed by atoms with van der Waals surface area (Å²) in [6.07, 6.45) is 2.93. The minimum absolute atomic E-state index is 0.0902. The van der Waals surface area contributed by atoms with Crippen molar-refractivity contribution in [2.45, 2.75) is 45.1 Å². The summed E-state index contributed by atoms with van der Waals surface area (Å²) in [5.74, 6) is 5.31. The molecule has 1 atom stereocenters. The number of H-pyrrole nitrogens is 1. The van der Waals surface area contributed by atoms with E-state index in [4.69, 9.17) is 10.5 Å². The highest BCUT2D eigenvalue weighted by Crippen LogP contribution is 2.35. The highest BCUT2D eigenvalue weighted by atomic mass is 16.5. The summed E-state index contributed by atoms with van der Waals surface area (Å²) in [4.78, 5) is 27.1. The molecule has 3 rings (SSSR count). The molecule has 7 heteroatoms. The van der Waals surface area contributed by atoms with Gasteiger partial charge in [0.15, 0.2) is 0 Å². The number of fused-ring (bicyclic) bond motifs is 1. The minimum atomic E-state index is -0.630. The molecule has 3 aromatic rings. The lowest BCUT2D eigenvalue weighted by Crippen LogP contribution is -2.19. The number of nitrogens with one attached hydrogen (secondary N) is 2. The van der Waals surface area contributed by atoms with Crippen LogP contribution in [0, 0.1) is 11.8 Å². The van der Waals surface area contributed by atoms with Gasteiger partial charge in [0.05, 0.1) is 18.3 Å². The number of aliphatic hydroxyl groups excluding tert-OH is 1. The predicted molar refractivity (Wildman–Crippen MR) is 133 cm³/mol. The summed E-state index contributed by atoms with van der Waals surface area (Å²) in [5.41, 5.74) is 9.24. The van der Waals surface area contributed by atoms with E-state index in [1.54, 1.807) is 13.1 Å². The van der Waals surface area contributed by atoms with Crippen molar-refractivity contribution in [3.8, 4) is 17.6 Å². The first-order valence-electron chi connectivity index (χ1n) is 11.3. The lowest BCUT2D eigenvalue weighted by Gasteiger charge is -2.23. The molecule has 1 heterocycles. The second-order valence-electron chi connectivity index (χ2n) is 8.39. The van der Waals surface area contributed by atoms with Crippen molar-refractivity contribution >= 4 is 22.7 Å². The van der Waals surface area contributed by atoms with Crippen molar-refractivity contribution in [3.63, 3.8) is 0 Å². The van der Waals surface area contributed by atoms with E-state index < -0.39 is 5.91 Å². The lowest BCUT2D eigenvalue weighted by atomic mass is 9.88. The molecular weight excluding hydrogens is 430 g/mol. The average Bonchev–Trinajstić information content (AvgIpc) is 3.23. The van der Waals surface area contributed by atoms with Gasteiger partial charge < -0.3 is 25.9 Å². The number of aromatic amines is 1. The highest BCUT2D eigenvalue weighted by Gasteiger charge is 2.24. The Bertz CT molecular complexity index is 1230. The summed E-state index contributed by atoms with van der Waals surface area (Å²) >= 11 is 0. The van der Waals surface area contributed by atoms with Crippen LogP contribution in [0.15, 0.2) is 42.6 Å². The fourth-order valence-corrected chi connectivity index (χ4v) is 3.88. The maximum atomic E-state index is 12.3. The Kier molecular flexibility index (Phi) is 8.34. The molecule has 0 bridgehead atoms. The number of carbonyl (C=O) groups excluding carboxylic acids is 2. The molecule has 0 aliphatic heterocycles. The van der Waals surface area contributed by atoms with Crippen LogP contribution in [0.5, 0.6) is 5.75 Å². The third-order valence-electron chi connectivity index (χ3n) is 5.53. The lowest BCUT2D eigenvalue weighted by molar-refractivity contribution is -0.120. The van der Waals surface area contributed by atoms with Crippen LogP contribution in [0.4, 0.5) is 0 Å². The summed E-state index contributed by atoms with van der Waals surface area (Å²) in [7, 11) is 1.58. The van der Waals surface area contributed by atoms with Crippen molar-refractivity contribution in [3.05, 3.63) is 64.8 Å². The van der Waals surface area contributed by atoms with Gasteiger partial charge in [-0.25, -0.2) is 0 Å². The molecular formula is C27H31N3O4. The molecule has 0 unspecified atom stereocenters. The second kappa shape index (κ2) is 11.4. The summed E-state index contributed by atoms with van der Waals surface area (Å²) < 4.78 is 6.03. The van der Waals surface area contributed by atoms with Crippen molar-refractivity contribution in [2.24, 2.45) is 5.73 Å². The maximum absolute atomic E-state index is 12.3. The molecule has 178 valence electrons. The van der Waals surface area contributed by atoms with Gasteiger partial charge in [0.25, 0.3) is 5.91 Å². The number of nitrogens with two attached hydrogens (primary N) is 1. The molecule has 7 nitrogen and oxygen atoms in total. The molecule has 0 spiro atoms. The molecule has 0 fully saturated rings. The molecule has 34 heavy (non-hydrogen) atoms. The fraction of sp³-hybridized carbons (Fsp3) is 0.333. The number of benzene rings is 2. The van der Waals surface area contributed by atoms with E-state index in [0.717, 1.165) is 16.5 Å². The van der Waals surface area contributed by atoms with Gasteiger partial charge in [0.1, 0.15) is 5.75 Å². The van der Waals surface area contributed by atoms with Gasteiger partial charge >= 0.3 is 0 Å². The summed E-state index contributed by atoms with van der Waals surface area (Å²) in [6.45, 7) is 3.59. The van der Waals surface area contributed by atoms with Gasteiger partial charge in [0, 0.05) is 54.0 Å². The number of aromatic nitrogens is 1. The second-order valence-corrected chi connectivity index (χ2v) is 8.39. The van der Waals surface area contributed by atoms with Crippen LogP contribution in [-0.2, 0) is 11.2 Å². The zero-order valence-corrected chi connectivity index (χ0v) is 19.8. The van der Waals surface area contributed by atoms with Crippen molar-refractivity contribution < 1.29 is 19.4 Å². The third-order valence-corrected chi connectivity index (χ3v) is 5.53. The van der Waals surface area contributed by atoms with Crippen LogP contribution in [0.25, 0.3) is 10.9 Å². The number of para-hydroxylation sites is 1. The van der Waals surface area contributed by atoms with Crippen LogP contribution in [0.3, 0.4) is 0 Å². The Hall–Kier alpha value is -3.76. The van der Waals surface area contributed by atoms with Gasteiger partial charge in [-0.3, -0.25) is 9.59 Å². The quantitative estimate of drug-likeness (QED) is 0.366. The van der Waals surface area contributed by atoms with E-state index >= 15 is 0 Å². The van der Waals surface area contributed by atoms with E-state index in [1.165, 1.54) is 0 Å². The normalized spacial score (nSPS) is 11.7. The number of amides is 2. The van der Waals surface area contributed by atoms with Crippen LogP contribution in [0.2, 0.25) is 0 Å².